The molecule has 1 aromatic rings. The zero-order chi connectivity index (χ0) is 16.0. The van der Waals surface area contributed by atoms with Gasteiger partial charge in [-0.2, -0.15) is 0 Å². The molecule has 0 spiro atoms. The number of esters is 1. The number of carbonyl (C=O) groups excluding carboxylic acids is 1. The average molecular weight is 304 g/mol. The van der Waals surface area contributed by atoms with Crippen LogP contribution in [0.4, 0.5) is 0 Å². The molecule has 0 aromatic heterocycles. The first-order chi connectivity index (χ1) is 10.8. The molecule has 122 valence electrons. The Morgan fingerprint density at radius 1 is 0.955 bits per heavy atom. The van der Waals surface area contributed by atoms with E-state index in [-0.39, 0.29) is 5.97 Å². The van der Waals surface area contributed by atoms with E-state index in [4.69, 9.17) is 9.47 Å². The molecule has 1 rings (SSSR count). The molecule has 0 aliphatic carbocycles. The minimum absolute atomic E-state index is 0.263. The van der Waals surface area contributed by atoms with Crippen LogP contribution >= 0.6 is 0 Å². The van der Waals surface area contributed by atoms with Crippen molar-refractivity contribution in [1.29, 1.82) is 0 Å². The number of hydrogen-bond donors (Lipinski definition) is 0. The summed E-state index contributed by atoms with van der Waals surface area (Å²) in [5.74, 6) is 0.531. The minimum Gasteiger partial charge on any atom is -0.494 e. The smallest absolute Gasteiger partial charge is 0.338 e. The van der Waals surface area contributed by atoms with Gasteiger partial charge < -0.3 is 9.47 Å². The molecule has 0 bridgehead atoms. The molecule has 3 nitrogen and oxygen atoms in total. The van der Waals surface area contributed by atoms with Gasteiger partial charge in [0.05, 0.1) is 18.8 Å². The second-order valence-corrected chi connectivity index (χ2v) is 5.26. The summed E-state index contributed by atoms with van der Waals surface area (Å²) in [6, 6.07) is 7.15. The van der Waals surface area contributed by atoms with Crippen LogP contribution in [0.5, 0.6) is 5.75 Å². The van der Waals surface area contributed by atoms with Crippen molar-refractivity contribution >= 4 is 5.97 Å². The van der Waals surface area contributed by atoms with E-state index in [0.717, 1.165) is 37.9 Å². The van der Waals surface area contributed by atoms with Gasteiger partial charge in [-0.25, -0.2) is 4.79 Å². The van der Waals surface area contributed by atoms with Crippen LogP contribution in [-0.4, -0.2) is 19.2 Å². The first-order valence-corrected chi connectivity index (χ1v) is 8.33. The predicted octanol–water partition coefficient (Wildman–Crippen LogP) is 5.16. The van der Waals surface area contributed by atoms with E-state index in [2.05, 4.69) is 26.0 Å². The zero-order valence-electron chi connectivity index (χ0n) is 13.8. The second kappa shape index (κ2) is 11.8. The third-order valence-corrected chi connectivity index (χ3v) is 3.23. The molecule has 0 radical (unpaired) electrons. The predicted molar refractivity (Wildman–Crippen MR) is 90.4 cm³/mol. The Hall–Kier alpha value is -1.77. The SMILES string of the molecule is CCC/C=C/CCCOc1ccc(C(=O)OCCCC)cc1. The number of carbonyl (C=O) groups is 1. The number of rotatable bonds is 11. The normalized spacial score (nSPS) is 10.8. The fraction of sp³-hybridized carbons (Fsp3) is 0.526. The van der Waals surface area contributed by atoms with Gasteiger partial charge in [-0.05, 0) is 49.9 Å². The summed E-state index contributed by atoms with van der Waals surface area (Å²) in [6.45, 7) is 5.42. The lowest BCUT2D eigenvalue weighted by molar-refractivity contribution is 0.0499. The number of hydrogen-bond acceptors (Lipinski definition) is 3. The van der Waals surface area contributed by atoms with Crippen molar-refractivity contribution in [3.63, 3.8) is 0 Å². The standard InChI is InChI=1S/C19H28O3/c1-3-5-7-8-9-10-16-21-18-13-11-17(12-14-18)19(20)22-15-6-4-2/h7-8,11-14H,3-6,9-10,15-16H2,1-2H3/b8-7+. The lowest BCUT2D eigenvalue weighted by Crippen LogP contribution is -2.06. The summed E-state index contributed by atoms with van der Waals surface area (Å²) < 4.78 is 10.8. The van der Waals surface area contributed by atoms with E-state index in [0.29, 0.717) is 18.8 Å². The molecule has 1 aromatic carbocycles. The maximum Gasteiger partial charge on any atom is 0.338 e. The fourth-order valence-corrected chi connectivity index (χ4v) is 1.87. The Kier molecular flexibility index (Phi) is 9.84. The molecule has 0 unspecified atom stereocenters. The molecular formula is C19H28O3. The quantitative estimate of drug-likeness (QED) is 0.322. The maximum atomic E-state index is 11.7. The molecule has 0 saturated heterocycles. The van der Waals surface area contributed by atoms with E-state index in [1.54, 1.807) is 12.1 Å². The largest absolute Gasteiger partial charge is 0.494 e. The van der Waals surface area contributed by atoms with Gasteiger partial charge >= 0.3 is 5.97 Å². The highest BCUT2D eigenvalue weighted by Crippen LogP contribution is 2.13. The molecule has 0 N–H and O–H groups in total. The number of allylic oxidation sites excluding steroid dienone is 2. The van der Waals surface area contributed by atoms with Crippen LogP contribution in [0.25, 0.3) is 0 Å². The van der Waals surface area contributed by atoms with Gasteiger partial charge in [-0.3, -0.25) is 0 Å². The summed E-state index contributed by atoms with van der Waals surface area (Å²) in [7, 11) is 0. The molecule has 0 fully saturated rings. The summed E-state index contributed by atoms with van der Waals surface area (Å²) in [6.07, 6.45) is 10.7. The van der Waals surface area contributed by atoms with Crippen molar-refractivity contribution in [3.05, 3.63) is 42.0 Å². The van der Waals surface area contributed by atoms with Crippen LogP contribution in [0.2, 0.25) is 0 Å². The monoisotopic (exact) mass is 304 g/mol. The zero-order valence-corrected chi connectivity index (χ0v) is 13.8. The highest BCUT2D eigenvalue weighted by atomic mass is 16.5. The molecule has 0 aliphatic heterocycles. The lowest BCUT2D eigenvalue weighted by atomic mass is 10.2. The topological polar surface area (TPSA) is 35.5 Å². The highest BCUT2D eigenvalue weighted by molar-refractivity contribution is 5.89. The van der Waals surface area contributed by atoms with Gasteiger partial charge in [-0.1, -0.05) is 38.8 Å². The highest BCUT2D eigenvalue weighted by Gasteiger charge is 2.06. The maximum absolute atomic E-state index is 11.7. The van der Waals surface area contributed by atoms with Crippen LogP contribution in [0.15, 0.2) is 36.4 Å². The molecule has 3 heteroatoms. The van der Waals surface area contributed by atoms with Gasteiger partial charge in [0.2, 0.25) is 0 Å². The van der Waals surface area contributed by atoms with Crippen LogP contribution < -0.4 is 4.74 Å². The Labute approximate surface area is 134 Å². The second-order valence-electron chi connectivity index (χ2n) is 5.26. The van der Waals surface area contributed by atoms with E-state index in [1.165, 1.54) is 6.42 Å². The van der Waals surface area contributed by atoms with Crippen molar-refractivity contribution < 1.29 is 14.3 Å². The molecule has 0 amide bonds. The third kappa shape index (κ3) is 7.87. The van der Waals surface area contributed by atoms with Crippen molar-refractivity contribution in [2.75, 3.05) is 13.2 Å². The number of unbranched alkanes of at least 4 members (excludes halogenated alkanes) is 3. The van der Waals surface area contributed by atoms with Gasteiger partial charge in [0.25, 0.3) is 0 Å². The molecule has 22 heavy (non-hydrogen) atoms. The minimum atomic E-state index is -0.263. The summed E-state index contributed by atoms with van der Waals surface area (Å²) >= 11 is 0. The van der Waals surface area contributed by atoms with Crippen molar-refractivity contribution in [1.82, 2.24) is 0 Å². The number of ether oxygens (including phenoxy) is 2. The average Bonchev–Trinajstić information content (AvgIpc) is 2.55. The van der Waals surface area contributed by atoms with E-state index in [9.17, 15) is 4.79 Å². The Bertz CT molecular complexity index is 434. The van der Waals surface area contributed by atoms with Gasteiger partial charge in [-0.15, -0.1) is 0 Å². The van der Waals surface area contributed by atoms with Gasteiger partial charge in [0.15, 0.2) is 0 Å². The Balaban J connectivity index is 2.25. The van der Waals surface area contributed by atoms with Gasteiger partial charge in [0, 0.05) is 0 Å². The van der Waals surface area contributed by atoms with Crippen LogP contribution in [-0.2, 0) is 4.74 Å². The molecular weight excluding hydrogens is 276 g/mol. The Morgan fingerprint density at radius 3 is 2.36 bits per heavy atom. The fourth-order valence-electron chi connectivity index (χ4n) is 1.87. The van der Waals surface area contributed by atoms with E-state index < -0.39 is 0 Å². The summed E-state index contributed by atoms with van der Waals surface area (Å²) in [5, 5.41) is 0. The molecule has 0 aliphatic rings. The van der Waals surface area contributed by atoms with E-state index >= 15 is 0 Å². The summed E-state index contributed by atoms with van der Waals surface area (Å²) in [5.41, 5.74) is 0.575. The summed E-state index contributed by atoms with van der Waals surface area (Å²) in [4.78, 5) is 11.7. The van der Waals surface area contributed by atoms with Crippen molar-refractivity contribution in [2.24, 2.45) is 0 Å². The molecule has 0 saturated carbocycles. The first-order valence-electron chi connectivity index (χ1n) is 8.33. The molecule has 0 heterocycles. The van der Waals surface area contributed by atoms with Crippen LogP contribution in [0, 0.1) is 0 Å². The van der Waals surface area contributed by atoms with Crippen LogP contribution in [0.1, 0.15) is 62.7 Å². The van der Waals surface area contributed by atoms with E-state index in [1.807, 2.05) is 12.1 Å². The first kappa shape index (κ1) is 18.3. The Morgan fingerprint density at radius 2 is 1.68 bits per heavy atom. The molecule has 0 atom stereocenters. The third-order valence-electron chi connectivity index (χ3n) is 3.23. The van der Waals surface area contributed by atoms with Crippen molar-refractivity contribution in [3.8, 4) is 5.75 Å². The van der Waals surface area contributed by atoms with Crippen molar-refractivity contribution in [2.45, 2.75) is 52.4 Å². The van der Waals surface area contributed by atoms with Crippen LogP contribution in [0.3, 0.4) is 0 Å². The lowest BCUT2D eigenvalue weighted by Gasteiger charge is -2.07. The van der Waals surface area contributed by atoms with Gasteiger partial charge in [0.1, 0.15) is 5.75 Å². The number of benzene rings is 1.